The van der Waals surface area contributed by atoms with E-state index < -0.39 is 6.10 Å². The van der Waals surface area contributed by atoms with Gasteiger partial charge in [0.15, 0.2) is 6.10 Å². The fraction of sp³-hybridized carbons (Fsp3) is 0.417. The highest BCUT2D eigenvalue weighted by atomic mass is 16.5. The predicted octanol–water partition coefficient (Wildman–Crippen LogP) is 4.50. The lowest BCUT2D eigenvalue weighted by Crippen LogP contribution is -2.34. The molecule has 29 heavy (non-hydrogen) atoms. The molecule has 154 valence electrons. The monoisotopic (exact) mass is 394 g/mol. The Labute approximate surface area is 172 Å². The summed E-state index contributed by atoms with van der Waals surface area (Å²) in [5, 5.41) is 5.80. The van der Waals surface area contributed by atoms with Crippen LogP contribution in [-0.2, 0) is 17.6 Å². The summed E-state index contributed by atoms with van der Waals surface area (Å²) in [6, 6.07) is 13.2. The fourth-order valence-electron chi connectivity index (χ4n) is 3.53. The average molecular weight is 395 g/mol. The maximum atomic E-state index is 12.8. The lowest BCUT2D eigenvalue weighted by Gasteiger charge is -2.22. The number of fused-ring (bicyclic) bond motifs is 1. The van der Waals surface area contributed by atoms with Crippen molar-refractivity contribution in [3.8, 4) is 5.75 Å². The first-order chi connectivity index (χ1) is 14.0. The molecule has 0 aromatic heterocycles. The Morgan fingerprint density at radius 3 is 2.59 bits per heavy atom. The van der Waals surface area contributed by atoms with E-state index in [0.717, 1.165) is 31.4 Å². The number of ether oxygens (including phenoxy) is 1. The van der Waals surface area contributed by atoms with Gasteiger partial charge in [0.05, 0.1) is 11.3 Å². The van der Waals surface area contributed by atoms with E-state index in [1.165, 1.54) is 17.5 Å². The Morgan fingerprint density at radius 2 is 1.79 bits per heavy atom. The molecule has 2 amide bonds. The minimum absolute atomic E-state index is 0.0674. The molecule has 1 aliphatic carbocycles. The van der Waals surface area contributed by atoms with Gasteiger partial charge in [-0.1, -0.05) is 31.2 Å². The zero-order valence-electron chi connectivity index (χ0n) is 17.5. The summed E-state index contributed by atoms with van der Waals surface area (Å²) in [5.74, 6) is 0.316. The molecule has 0 heterocycles. The molecule has 1 aliphatic rings. The SMILES string of the molecule is CCC(C)NC(=O)c1ccccc1NC(=O)C(C)Oc1cccc2c1CCCC2. The molecule has 0 radical (unpaired) electrons. The molecule has 0 fully saturated rings. The van der Waals surface area contributed by atoms with Gasteiger partial charge >= 0.3 is 0 Å². The summed E-state index contributed by atoms with van der Waals surface area (Å²) in [4.78, 5) is 25.3. The zero-order chi connectivity index (χ0) is 20.8. The number of hydrogen-bond donors (Lipinski definition) is 2. The molecule has 0 aliphatic heterocycles. The Balaban J connectivity index is 1.70. The van der Waals surface area contributed by atoms with E-state index >= 15 is 0 Å². The number of anilines is 1. The maximum absolute atomic E-state index is 12.8. The van der Waals surface area contributed by atoms with Crippen molar-refractivity contribution >= 4 is 17.5 Å². The molecule has 2 unspecified atom stereocenters. The molecule has 2 aromatic rings. The molecule has 0 saturated heterocycles. The van der Waals surface area contributed by atoms with Gasteiger partial charge in [-0.25, -0.2) is 0 Å². The number of aryl methyl sites for hydroxylation is 1. The van der Waals surface area contributed by atoms with Crippen LogP contribution in [0.2, 0.25) is 0 Å². The van der Waals surface area contributed by atoms with Crippen LogP contribution in [0.4, 0.5) is 5.69 Å². The summed E-state index contributed by atoms with van der Waals surface area (Å²) in [6.07, 6.45) is 4.56. The molecule has 2 atom stereocenters. The Kier molecular flexibility index (Phi) is 6.91. The fourth-order valence-corrected chi connectivity index (χ4v) is 3.53. The molecular formula is C24H30N2O3. The van der Waals surface area contributed by atoms with Crippen LogP contribution < -0.4 is 15.4 Å². The highest BCUT2D eigenvalue weighted by Crippen LogP contribution is 2.30. The lowest BCUT2D eigenvalue weighted by atomic mass is 9.91. The number of benzene rings is 2. The van der Waals surface area contributed by atoms with Crippen LogP contribution in [0.15, 0.2) is 42.5 Å². The first-order valence-electron chi connectivity index (χ1n) is 10.5. The molecule has 0 saturated carbocycles. The average Bonchev–Trinajstić information content (AvgIpc) is 2.74. The molecule has 0 spiro atoms. The third-order valence-electron chi connectivity index (χ3n) is 5.45. The van der Waals surface area contributed by atoms with Gasteiger partial charge in [0.1, 0.15) is 5.75 Å². The number of nitrogens with one attached hydrogen (secondary N) is 2. The van der Waals surface area contributed by atoms with Crippen molar-refractivity contribution < 1.29 is 14.3 Å². The van der Waals surface area contributed by atoms with E-state index in [-0.39, 0.29) is 17.9 Å². The van der Waals surface area contributed by atoms with E-state index in [2.05, 4.69) is 16.7 Å². The minimum Gasteiger partial charge on any atom is -0.481 e. The van der Waals surface area contributed by atoms with Crippen LogP contribution in [0.25, 0.3) is 0 Å². The normalized spacial score (nSPS) is 15.0. The van der Waals surface area contributed by atoms with Crippen molar-refractivity contribution in [1.82, 2.24) is 5.32 Å². The summed E-state index contributed by atoms with van der Waals surface area (Å²) < 4.78 is 6.02. The molecule has 2 N–H and O–H groups in total. The molecule has 0 bridgehead atoms. The van der Waals surface area contributed by atoms with Crippen LogP contribution in [0.3, 0.4) is 0 Å². The lowest BCUT2D eigenvalue weighted by molar-refractivity contribution is -0.122. The van der Waals surface area contributed by atoms with E-state index in [1.54, 1.807) is 31.2 Å². The summed E-state index contributed by atoms with van der Waals surface area (Å²) >= 11 is 0. The van der Waals surface area contributed by atoms with E-state index in [0.29, 0.717) is 11.3 Å². The van der Waals surface area contributed by atoms with Gasteiger partial charge in [0.2, 0.25) is 0 Å². The largest absolute Gasteiger partial charge is 0.481 e. The van der Waals surface area contributed by atoms with Gasteiger partial charge in [-0.2, -0.15) is 0 Å². The van der Waals surface area contributed by atoms with Gasteiger partial charge in [-0.05, 0) is 75.3 Å². The first kappa shape index (κ1) is 20.9. The van der Waals surface area contributed by atoms with Crippen molar-refractivity contribution in [3.63, 3.8) is 0 Å². The van der Waals surface area contributed by atoms with E-state index in [1.807, 2.05) is 26.0 Å². The number of rotatable bonds is 7. The van der Waals surface area contributed by atoms with Crippen molar-refractivity contribution in [3.05, 3.63) is 59.2 Å². The van der Waals surface area contributed by atoms with Crippen molar-refractivity contribution in [2.24, 2.45) is 0 Å². The number of para-hydroxylation sites is 1. The molecule has 2 aromatic carbocycles. The highest BCUT2D eigenvalue weighted by Gasteiger charge is 2.21. The van der Waals surface area contributed by atoms with Gasteiger partial charge in [0.25, 0.3) is 11.8 Å². The Bertz CT molecular complexity index is 878. The Morgan fingerprint density at radius 1 is 1.03 bits per heavy atom. The maximum Gasteiger partial charge on any atom is 0.265 e. The summed E-state index contributed by atoms with van der Waals surface area (Å²) in [7, 11) is 0. The third-order valence-corrected chi connectivity index (χ3v) is 5.45. The van der Waals surface area contributed by atoms with Crippen LogP contribution in [0.5, 0.6) is 5.75 Å². The van der Waals surface area contributed by atoms with Crippen molar-refractivity contribution in [1.29, 1.82) is 0 Å². The summed E-state index contributed by atoms with van der Waals surface area (Å²) in [6.45, 7) is 5.70. The summed E-state index contributed by atoms with van der Waals surface area (Å²) in [5.41, 5.74) is 3.47. The smallest absolute Gasteiger partial charge is 0.265 e. The number of carbonyl (C=O) groups is 2. The van der Waals surface area contributed by atoms with Crippen LogP contribution in [-0.4, -0.2) is 24.0 Å². The Hall–Kier alpha value is -2.82. The van der Waals surface area contributed by atoms with E-state index in [9.17, 15) is 9.59 Å². The second-order valence-electron chi connectivity index (χ2n) is 7.68. The van der Waals surface area contributed by atoms with Crippen molar-refractivity contribution in [2.75, 3.05) is 5.32 Å². The van der Waals surface area contributed by atoms with Crippen LogP contribution in [0, 0.1) is 0 Å². The first-order valence-corrected chi connectivity index (χ1v) is 10.5. The minimum atomic E-state index is -0.672. The van der Waals surface area contributed by atoms with Crippen LogP contribution in [0.1, 0.15) is 61.5 Å². The van der Waals surface area contributed by atoms with Crippen LogP contribution >= 0.6 is 0 Å². The molecular weight excluding hydrogens is 364 g/mol. The number of hydrogen-bond acceptors (Lipinski definition) is 3. The quantitative estimate of drug-likeness (QED) is 0.727. The number of carbonyl (C=O) groups excluding carboxylic acids is 2. The zero-order valence-corrected chi connectivity index (χ0v) is 17.5. The van der Waals surface area contributed by atoms with Gasteiger partial charge in [0, 0.05) is 6.04 Å². The standard InChI is InChI=1S/C24H30N2O3/c1-4-16(2)25-24(28)20-13-7-8-14-21(20)26-23(27)17(3)29-22-15-9-11-18-10-5-6-12-19(18)22/h7-9,11,13-17H,4-6,10,12H2,1-3H3,(H,25,28)(H,26,27). The topological polar surface area (TPSA) is 67.4 Å². The van der Waals surface area contributed by atoms with Gasteiger partial charge in [-0.3, -0.25) is 9.59 Å². The predicted molar refractivity (Wildman–Crippen MR) is 115 cm³/mol. The second kappa shape index (κ2) is 9.59. The van der Waals surface area contributed by atoms with Gasteiger partial charge < -0.3 is 15.4 Å². The third kappa shape index (κ3) is 5.17. The van der Waals surface area contributed by atoms with Gasteiger partial charge in [-0.15, -0.1) is 0 Å². The van der Waals surface area contributed by atoms with E-state index in [4.69, 9.17) is 4.74 Å². The molecule has 3 rings (SSSR count). The number of amides is 2. The second-order valence-corrected chi connectivity index (χ2v) is 7.68. The highest BCUT2D eigenvalue weighted by molar-refractivity contribution is 6.04. The molecule has 5 nitrogen and oxygen atoms in total. The van der Waals surface area contributed by atoms with Crippen molar-refractivity contribution in [2.45, 2.75) is 65.0 Å². The molecule has 5 heteroatoms.